The molecule has 1 saturated heterocycles. The van der Waals surface area contributed by atoms with Crippen molar-refractivity contribution in [2.45, 2.75) is 58.9 Å². The number of hydrogen-bond donors (Lipinski definition) is 4. The van der Waals surface area contributed by atoms with E-state index >= 15 is 0 Å². The van der Waals surface area contributed by atoms with Gasteiger partial charge in [-0.05, 0) is 125 Å². The van der Waals surface area contributed by atoms with Crippen LogP contribution in [0.2, 0.25) is 0 Å². The Kier molecular flexibility index (Phi) is 14.4. The second kappa shape index (κ2) is 19.3. The minimum atomic E-state index is -0.557. The number of nitrogens with one attached hydrogen (secondary N) is 4. The van der Waals surface area contributed by atoms with E-state index in [4.69, 9.17) is 5.41 Å². The summed E-state index contributed by atoms with van der Waals surface area (Å²) in [5.41, 5.74) is 6.53. The molecule has 10 nitrogen and oxygen atoms in total. The van der Waals surface area contributed by atoms with Crippen molar-refractivity contribution >= 4 is 40.9 Å². The molecular weight excluding hydrogens is 663 g/mol. The van der Waals surface area contributed by atoms with Crippen molar-refractivity contribution in [3.8, 4) is 0 Å². The molecule has 1 aliphatic carbocycles. The number of anilines is 2. The molecule has 1 unspecified atom stereocenters. The van der Waals surface area contributed by atoms with E-state index in [9.17, 15) is 14.4 Å². The number of likely N-dealkylation sites (N-methyl/N-ethyl adjacent to an activating group) is 1. The fourth-order valence-electron chi connectivity index (χ4n) is 7.43. The minimum absolute atomic E-state index is 0.0607. The quantitative estimate of drug-likeness (QED) is 0.135. The predicted octanol–water partition coefficient (Wildman–Crippen LogP) is 6.41. The monoisotopic (exact) mass is 719 g/mol. The smallest absolute Gasteiger partial charge is 0.255 e. The summed E-state index contributed by atoms with van der Waals surface area (Å²) in [5.74, 6) is -1.12. The Morgan fingerprint density at radius 3 is 2.57 bits per heavy atom. The lowest BCUT2D eigenvalue weighted by Crippen LogP contribution is -2.37. The van der Waals surface area contributed by atoms with Crippen LogP contribution in [0.3, 0.4) is 0 Å². The number of carbonyl (C=O) groups excluding carboxylic acids is 3. The first-order chi connectivity index (χ1) is 25.7. The molecule has 53 heavy (non-hydrogen) atoms. The topological polar surface area (TPSA) is 121 Å². The van der Waals surface area contributed by atoms with Gasteiger partial charge in [0.1, 0.15) is 0 Å². The summed E-state index contributed by atoms with van der Waals surface area (Å²) in [6, 6.07) is 21.1. The molecule has 2 aliphatic rings. The van der Waals surface area contributed by atoms with Gasteiger partial charge in [0.05, 0.1) is 12.0 Å². The van der Waals surface area contributed by atoms with E-state index in [2.05, 4.69) is 57.8 Å². The van der Waals surface area contributed by atoms with Gasteiger partial charge in [-0.25, -0.2) is 0 Å². The van der Waals surface area contributed by atoms with E-state index in [1.165, 1.54) is 17.3 Å². The molecule has 0 saturated carbocycles. The van der Waals surface area contributed by atoms with Crippen LogP contribution >= 0.6 is 0 Å². The molecule has 0 aromatic heterocycles. The van der Waals surface area contributed by atoms with Crippen molar-refractivity contribution in [3.05, 3.63) is 101 Å². The van der Waals surface area contributed by atoms with Crippen molar-refractivity contribution in [3.63, 3.8) is 0 Å². The van der Waals surface area contributed by atoms with E-state index in [1.807, 2.05) is 44.3 Å². The first kappa shape index (κ1) is 39.4. The van der Waals surface area contributed by atoms with Crippen LogP contribution < -0.4 is 20.9 Å². The van der Waals surface area contributed by atoms with Crippen LogP contribution in [-0.2, 0) is 11.2 Å². The molecule has 1 heterocycles. The summed E-state index contributed by atoms with van der Waals surface area (Å²) >= 11 is 0. The van der Waals surface area contributed by atoms with Gasteiger partial charge in [-0.1, -0.05) is 36.4 Å². The Morgan fingerprint density at radius 1 is 0.981 bits per heavy atom. The second-order valence-electron chi connectivity index (χ2n) is 14.2. The third-order valence-electron chi connectivity index (χ3n) is 10.6. The van der Waals surface area contributed by atoms with Crippen molar-refractivity contribution in [2.75, 3.05) is 69.6 Å². The fourth-order valence-corrected chi connectivity index (χ4v) is 7.43. The van der Waals surface area contributed by atoms with Gasteiger partial charge >= 0.3 is 0 Å². The Morgan fingerprint density at radius 2 is 1.77 bits per heavy atom. The normalized spacial score (nSPS) is 16.8. The molecule has 1 fully saturated rings. The second-order valence-corrected chi connectivity index (χ2v) is 14.2. The number of rotatable bonds is 15. The predicted molar refractivity (Wildman–Crippen MR) is 216 cm³/mol. The van der Waals surface area contributed by atoms with Gasteiger partial charge in [0.25, 0.3) is 11.8 Å². The van der Waals surface area contributed by atoms with Crippen LogP contribution in [-0.4, -0.2) is 93.1 Å². The zero-order valence-electron chi connectivity index (χ0n) is 31.9. The summed E-state index contributed by atoms with van der Waals surface area (Å²) in [6.45, 7) is 13.2. The largest absolute Gasteiger partial charge is 0.372 e. The van der Waals surface area contributed by atoms with E-state index in [0.29, 0.717) is 23.4 Å². The van der Waals surface area contributed by atoms with Gasteiger partial charge in [0, 0.05) is 74.4 Å². The highest BCUT2D eigenvalue weighted by Crippen LogP contribution is 2.32. The van der Waals surface area contributed by atoms with Crippen molar-refractivity contribution in [1.29, 1.82) is 5.41 Å². The fraction of sp³-hybridized carbons (Fsp3) is 0.442. The maximum absolute atomic E-state index is 13.8. The Hall–Kier alpha value is -4.80. The van der Waals surface area contributed by atoms with Gasteiger partial charge in [-0.2, -0.15) is 0 Å². The van der Waals surface area contributed by atoms with E-state index in [0.717, 1.165) is 88.3 Å². The number of aryl methyl sites for hydroxylation is 1. The lowest BCUT2D eigenvalue weighted by Gasteiger charge is -2.27. The van der Waals surface area contributed by atoms with Crippen LogP contribution in [0.15, 0.2) is 72.8 Å². The van der Waals surface area contributed by atoms with Crippen molar-refractivity contribution < 1.29 is 14.4 Å². The molecule has 0 bridgehead atoms. The van der Waals surface area contributed by atoms with E-state index in [1.54, 1.807) is 29.2 Å². The number of carbonyl (C=O) groups is 3. The standard InChI is InChI=1S/C43H57N7O3/c1-5-50(6-2)36-18-19-40(47-41(51)33-14-9-15-35(29-33)43(53)48(4)26-27-49-24-11-22-45-23-25-49)38(30-36)31(3)28-34(20-21-44)42(52)46-39-17-10-13-32-12-7-8-16-37(32)39/h7-9,12,14-16,18-19,21,28-30,34,39,44-45H,5-6,10-11,13,17,20,22-27H2,1-4H3,(H,46,52)(H,47,51)/b31-28+,44-21?/t34?,39-/m0/s1. The van der Waals surface area contributed by atoms with Gasteiger partial charge in [-0.3, -0.25) is 14.4 Å². The van der Waals surface area contributed by atoms with Crippen LogP contribution in [0.5, 0.6) is 0 Å². The number of allylic oxidation sites excluding steroid dienone is 1. The number of amides is 3. The molecule has 10 heteroatoms. The highest BCUT2D eigenvalue weighted by Gasteiger charge is 2.25. The molecular formula is C43H57N7O3. The lowest BCUT2D eigenvalue weighted by molar-refractivity contribution is -0.124. The third kappa shape index (κ3) is 10.4. The van der Waals surface area contributed by atoms with E-state index < -0.39 is 5.92 Å². The Bertz CT molecular complexity index is 1760. The van der Waals surface area contributed by atoms with Crippen LogP contribution in [0, 0.1) is 11.3 Å². The summed E-state index contributed by atoms with van der Waals surface area (Å²) in [5, 5.41) is 17.7. The maximum Gasteiger partial charge on any atom is 0.255 e. The first-order valence-electron chi connectivity index (χ1n) is 19.3. The minimum Gasteiger partial charge on any atom is -0.372 e. The van der Waals surface area contributed by atoms with Gasteiger partial charge < -0.3 is 36.1 Å². The van der Waals surface area contributed by atoms with Gasteiger partial charge in [0.2, 0.25) is 5.91 Å². The van der Waals surface area contributed by atoms with Crippen molar-refractivity contribution in [1.82, 2.24) is 20.4 Å². The first-order valence-corrected chi connectivity index (χ1v) is 19.3. The number of benzene rings is 3. The molecule has 1 aliphatic heterocycles. The molecule has 2 atom stereocenters. The Balaban J connectivity index is 1.35. The molecule has 3 aromatic rings. The molecule has 0 radical (unpaired) electrons. The number of hydrogen-bond acceptors (Lipinski definition) is 7. The van der Waals surface area contributed by atoms with Crippen LogP contribution in [0.4, 0.5) is 11.4 Å². The summed E-state index contributed by atoms with van der Waals surface area (Å²) in [7, 11) is 1.81. The molecule has 4 N–H and O–H groups in total. The Labute approximate surface area is 315 Å². The zero-order valence-corrected chi connectivity index (χ0v) is 31.9. The lowest BCUT2D eigenvalue weighted by atomic mass is 9.87. The van der Waals surface area contributed by atoms with Gasteiger partial charge in [-0.15, -0.1) is 0 Å². The average molecular weight is 720 g/mol. The maximum atomic E-state index is 13.8. The van der Waals surface area contributed by atoms with Crippen molar-refractivity contribution in [2.24, 2.45) is 5.92 Å². The highest BCUT2D eigenvalue weighted by atomic mass is 16.2. The zero-order chi connectivity index (χ0) is 37.7. The third-order valence-corrected chi connectivity index (χ3v) is 10.6. The van der Waals surface area contributed by atoms with Crippen LogP contribution in [0.25, 0.3) is 5.57 Å². The molecule has 5 rings (SSSR count). The summed E-state index contributed by atoms with van der Waals surface area (Å²) < 4.78 is 0. The average Bonchev–Trinajstić information content (AvgIpc) is 3.46. The van der Waals surface area contributed by atoms with E-state index in [-0.39, 0.29) is 30.2 Å². The molecule has 3 aromatic carbocycles. The number of nitrogens with zero attached hydrogens (tertiary/aromatic N) is 3. The summed E-state index contributed by atoms with van der Waals surface area (Å²) in [6.07, 6.45) is 7.47. The number of fused-ring (bicyclic) bond motifs is 1. The molecule has 0 spiro atoms. The highest BCUT2D eigenvalue weighted by molar-refractivity contribution is 6.07. The SMILES string of the molecule is CCN(CC)c1ccc(NC(=O)c2cccc(C(=O)N(C)CCN3CCCNCC3)c2)c(/C(C)=C/C(CC=N)C(=O)N[C@H]2CCCc3ccccc32)c1. The summed E-state index contributed by atoms with van der Waals surface area (Å²) in [4.78, 5) is 47.4. The van der Waals surface area contributed by atoms with Crippen LogP contribution in [0.1, 0.15) is 89.9 Å². The van der Waals surface area contributed by atoms with Gasteiger partial charge in [0.15, 0.2) is 0 Å². The molecule has 282 valence electrons. The molecule has 3 amide bonds.